The molecule has 1 aliphatic rings. The highest BCUT2D eigenvalue weighted by Crippen LogP contribution is 2.31. The maximum atomic E-state index is 14.3. The van der Waals surface area contributed by atoms with Gasteiger partial charge in [-0.1, -0.05) is 84.9 Å². The van der Waals surface area contributed by atoms with E-state index in [2.05, 4.69) is 5.32 Å². The van der Waals surface area contributed by atoms with Crippen LogP contribution < -0.4 is 14.4 Å². The molecule has 3 aromatic carbocycles. The fourth-order valence-corrected chi connectivity index (χ4v) is 6.77. The monoisotopic (exact) mass is 645 g/mol. The molecular weight excluding hydrogens is 609 g/mol. The molecule has 0 bridgehead atoms. The first-order valence-electron chi connectivity index (χ1n) is 14.2. The van der Waals surface area contributed by atoms with Gasteiger partial charge in [-0.25, -0.2) is 8.42 Å². The number of nitrogens with zero attached hydrogens (tertiary/aromatic N) is 2. The summed E-state index contributed by atoms with van der Waals surface area (Å²) in [4.78, 5) is 29.8. The maximum absolute atomic E-state index is 14.3. The average molecular weight is 647 g/mol. The van der Waals surface area contributed by atoms with Gasteiger partial charge in [-0.2, -0.15) is 0 Å². The fraction of sp³-hybridized carbons (Fsp3) is 0.375. The SMILES string of the molecule is COc1cccc(CN(C(=O)CN(c2ccc(Cl)cc2Cl)S(C)(=O)=O)[C@H](Cc2ccccc2)C(=O)NC2CCCCC2)c1. The number of benzene rings is 3. The predicted octanol–water partition coefficient (Wildman–Crippen LogP) is 5.86. The van der Waals surface area contributed by atoms with Crippen LogP contribution in [0, 0.1) is 0 Å². The van der Waals surface area contributed by atoms with Gasteiger partial charge in [0.05, 0.1) is 24.1 Å². The maximum Gasteiger partial charge on any atom is 0.244 e. The quantitative estimate of drug-likeness (QED) is 0.266. The first-order valence-corrected chi connectivity index (χ1v) is 16.8. The molecule has 1 N–H and O–H groups in total. The summed E-state index contributed by atoms with van der Waals surface area (Å²) in [6.07, 6.45) is 6.21. The van der Waals surface area contributed by atoms with Crippen molar-refractivity contribution in [1.29, 1.82) is 0 Å². The van der Waals surface area contributed by atoms with Gasteiger partial charge in [-0.3, -0.25) is 13.9 Å². The van der Waals surface area contributed by atoms with Crippen molar-refractivity contribution in [2.45, 2.75) is 57.2 Å². The number of hydrogen-bond donors (Lipinski definition) is 1. The van der Waals surface area contributed by atoms with E-state index < -0.39 is 28.5 Å². The van der Waals surface area contributed by atoms with Gasteiger partial charge in [0.25, 0.3) is 0 Å². The van der Waals surface area contributed by atoms with Crippen LogP contribution in [0.25, 0.3) is 0 Å². The number of carbonyl (C=O) groups is 2. The molecule has 11 heteroatoms. The van der Waals surface area contributed by atoms with Crippen molar-refractivity contribution in [1.82, 2.24) is 10.2 Å². The Morgan fingerprint density at radius 2 is 1.65 bits per heavy atom. The van der Waals surface area contributed by atoms with Crippen LogP contribution in [0.3, 0.4) is 0 Å². The van der Waals surface area contributed by atoms with E-state index in [4.69, 9.17) is 27.9 Å². The molecule has 230 valence electrons. The summed E-state index contributed by atoms with van der Waals surface area (Å²) < 4.78 is 32.3. The fourth-order valence-electron chi connectivity index (χ4n) is 5.34. The molecule has 1 fully saturated rings. The Hall–Kier alpha value is -3.27. The Kier molecular flexibility index (Phi) is 11.3. The van der Waals surface area contributed by atoms with Crippen molar-refractivity contribution in [3.63, 3.8) is 0 Å². The van der Waals surface area contributed by atoms with E-state index in [-0.39, 0.29) is 35.6 Å². The average Bonchev–Trinajstić information content (AvgIpc) is 2.98. The molecule has 0 heterocycles. The van der Waals surface area contributed by atoms with E-state index in [9.17, 15) is 18.0 Å². The summed E-state index contributed by atoms with van der Waals surface area (Å²) in [5, 5.41) is 3.60. The minimum Gasteiger partial charge on any atom is -0.497 e. The highest BCUT2D eigenvalue weighted by molar-refractivity contribution is 7.92. The van der Waals surface area contributed by atoms with Crippen LogP contribution in [0.5, 0.6) is 5.75 Å². The van der Waals surface area contributed by atoms with Crippen LogP contribution >= 0.6 is 23.2 Å². The zero-order valence-electron chi connectivity index (χ0n) is 24.3. The highest BCUT2D eigenvalue weighted by atomic mass is 35.5. The molecule has 2 amide bonds. The molecule has 4 rings (SSSR count). The Bertz CT molecular complexity index is 1510. The van der Waals surface area contributed by atoms with Crippen LogP contribution in [0.4, 0.5) is 5.69 Å². The number of amides is 2. The van der Waals surface area contributed by atoms with Crippen LogP contribution in [-0.4, -0.2) is 57.1 Å². The minimum absolute atomic E-state index is 0.0219. The second kappa shape index (κ2) is 14.9. The van der Waals surface area contributed by atoms with Gasteiger partial charge in [0.1, 0.15) is 18.3 Å². The smallest absolute Gasteiger partial charge is 0.244 e. The molecule has 0 aliphatic heterocycles. The zero-order chi connectivity index (χ0) is 31.0. The van der Waals surface area contributed by atoms with E-state index in [0.717, 1.165) is 53.8 Å². The number of nitrogens with one attached hydrogen (secondary N) is 1. The molecule has 43 heavy (non-hydrogen) atoms. The minimum atomic E-state index is -3.96. The molecular formula is C32H37Cl2N3O5S. The molecule has 0 saturated heterocycles. The van der Waals surface area contributed by atoms with Gasteiger partial charge in [-0.15, -0.1) is 0 Å². The third-order valence-electron chi connectivity index (χ3n) is 7.57. The normalized spacial score (nSPS) is 14.5. The third-order valence-corrected chi connectivity index (χ3v) is 9.23. The van der Waals surface area contributed by atoms with Crippen molar-refractivity contribution in [2.24, 2.45) is 0 Å². The first kappa shape index (κ1) is 32.6. The van der Waals surface area contributed by atoms with E-state index in [1.54, 1.807) is 25.3 Å². The Morgan fingerprint density at radius 1 is 0.953 bits per heavy atom. The van der Waals surface area contributed by atoms with Crippen molar-refractivity contribution in [3.8, 4) is 5.75 Å². The number of rotatable bonds is 12. The number of sulfonamides is 1. The molecule has 0 spiro atoms. The molecule has 1 aliphatic carbocycles. The second-order valence-electron chi connectivity index (χ2n) is 10.8. The van der Waals surface area contributed by atoms with Crippen molar-refractivity contribution < 1.29 is 22.7 Å². The summed E-state index contributed by atoms with van der Waals surface area (Å²) in [6, 6.07) is 20.2. The third kappa shape index (κ3) is 9.11. The highest BCUT2D eigenvalue weighted by Gasteiger charge is 2.34. The summed E-state index contributed by atoms with van der Waals surface area (Å²) in [7, 11) is -2.40. The lowest BCUT2D eigenvalue weighted by atomic mass is 9.94. The number of hydrogen-bond acceptors (Lipinski definition) is 5. The Morgan fingerprint density at radius 3 is 2.30 bits per heavy atom. The van der Waals surface area contributed by atoms with Crippen LogP contribution in [0.2, 0.25) is 10.0 Å². The summed E-state index contributed by atoms with van der Waals surface area (Å²) in [5.41, 5.74) is 1.72. The van der Waals surface area contributed by atoms with Crippen molar-refractivity contribution >= 4 is 50.7 Å². The molecule has 0 unspecified atom stereocenters. The standard InChI is InChI=1S/C32H37Cl2N3O5S/c1-42-27-15-9-12-24(18-27)21-36(31(38)22-37(43(2,40)41)29-17-16-25(33)20-28(29)34)30(19-23-10-5-3-6-11-23)32(39)35-26-13-7-4-8-14-26/h3,5-6,9-12,15-18,20,26,30H,4,7-8,13-14,19,21-22H2,1-2H3,(H,35,39)/t30-/m1/s1. The zero-order valence-corrected chi connectivity index (χ0v) is 26.7. The van der Waals surface area contributed by atoms with Crippen LogP contribution in [-0.2, 0) is 32.6 Å². The first-order chi connectivity index (χ1) is 20.5. The number of methoxy groups -OCH3 is 1. The molecule has 3 aromatic rings. The van der Waals surface area contributed by atoms with E-state index in [0.29, 0.717) is 10.8 Å². The topological polar surface area (TPSA) is 96.0 Å². The van der Waals surface area contributed by atoms with Crippen molar-refractivity contribution in [3.05, 3.63) is 94.0 Å². The molecule has 1 saturated carbocycles. The number of ether oxygens (including phenoxy) is 1. The Balaban J connectivity index is 1.75. The van der Waals surface area contributed by atoms with Gasteiger partial charge in [0.2, 0.25) is 21.8 Å². The second-order valence-corrected chi connectivity index (χ2v) is 13.5. The summed E-state index contributed by atoms with van der Waals surface area (Å²) in [6.45, 7) is -0.510. The summed E-state index contributed by atoms with van der Waals surface area (Å²) in [5.74, 6) is -0.233. The molecule has 8 nitrogen and oxygen atoms in total. The number of anilines is 1. The summed E-state index contributed by atoms with van der Waals surface area (Å²) >= 11 is 12.4. The van der Waals surface area contributed by atoms with E-state index >= 15 is 0 Å². The van der Waals surface area contributed by atoms with Gasteiger partial charge >= 0.3 is 0 Å². The van der Waals surface area contributed by atoms with Gasteiger partial charge in [-0.05, 0) is 54.3 Å². The van der Waals surface area contributed by atoms with Crippen LogP contribution in [0.1, 0.15) is 43.2 Å². The van der Waals surface area contributed by atoms with Crippen LogP contribution in [0.15, 0.2) is 72.8 Å². The molecule has 1 atom stereocenters. The molecule has 0 aromatic heterocycles. The van der Waals surface area contributed by atoms with E-state index in [1.807, 2.05) is 36.4 Å². The van der Waals surface area contributed by atoms with Crippen molar-refractivity contribution in [2.75, 3.05) is 24.2 Å². The van der Waals surface area contributed by atoms with Gasteiger partial charge in [0.15, 0.2) is 0 Å². The number of halogens is 2. The lowest BCUT2D eigenvalue weighted by molar-refractivity contribution is -0.140. The lowest BCUT2D eigenvalue weighted by Gasteiger charge is -2.35. The Labute approximate surface area is 264 Å². The predicted molar refractivity (Wildman–Crippen MR) is 171 cm³/mol. The van der Waals surface area contributed by atoms with E-state index in [1.165, 1.54) is 23.1 Å². The number of carbonyl (C=O) groups excluding carboxylic acids is 2. The van der Waals surface area contributed by atoms with Gasteiger partial charge in [0, 0.05) is 24.0 Å². The largest absolute Gasteiger partial charge is 0.497 e. The van der Waals surface area contributed by atoms with Gasteiger partial charge < -0.3 is 15.0 Å². The lowest BCUT2D eigenvalue weighted by Crippen LogP contribution is -2.55. The molecule has 0 radical (unpaired) electrons.